The molecule has 19 nitrogen and oxygen atoms in total. The van der Waals surface area contributed by atoms with Gasteiger partial charge in [-0.3, -0.25) is 9.09 Å². The van der Waals surface area contributed by atoms with Crippen LogP contribution in [0.25, 0.3) is 0 Å². The molecule has 194 valence electrons. The van der Waals surface area contributed by atoms with Gasteiger partial charge in [-0.2, -0.15) is 8.62 Å². The van der Waals surface area contributed by atoms with Gasteiger partial charge >= 0.3 is 23.5 Å². The van der Waals surface area contributed by atoms with Crippen molar-refractivity contribution >= 4 is 47.0 Å². The first kappa shape index (κ1) is 27.7. The van der Waals surface area contributed by atoms with Crippen LogP contribution in [0.4, 0.5) is 5.82 Å². The molecule has 1 aromatic rings. The Labute approximate surface area is 194 Å². The number of imidazole rings is 1. The molecule has 7 atom stereocenters. The molecule has 34 heavy (non-hydrogen) atoms. The van der Waals surface area contributed by atoms with Gasteiger partial charge in [0.15, 0.2) is 12.2 Å². The van der Waals surface area contributed by atoms with Gasteiger partial charge in [-0.1, -0.05) is 0 Å². The van der Waals surface area contributed by atoms with Crippen molar-refractivity contribution in [1.29, 1.82) is 0 Å². The number of rotatable bonds is 9. The van der Waals surface area contributed by atoms with Gasteiger partial charge in [0, 0.05) is 0 Å². The molecule has 3 heterocycles. The number of hydrogen-bond donors (Lipinski definition) is 9. The van der Waals surface area contributed by atoms with E-state index in [1.807, 2.05) is 0 Å². The zero-order valence-corrected chi connectivity index (χ0v) is 20.3. The SMILES string of the molecule is CSC1(O)N=C(N)Nc2c1ncn2[C@@H]1O[C@H](COP(=O)(O)OP(=O)(O)OP(=O)(O)O)[C@@H](O)[C@H]1O. The number of phosphoric acid groups is 3. The van der Waals surface area contributed by atoms with Gasteiger partial charge in [-0.15, -0.1) is 11.8 Å². The molecule has 0 saturated carbocycles. The lowest BCUT2D eigenvalue weighted by Crippen LogP contribution is -2.37. The van der Waals surface area contributed by atoms with Gasteiger partial charge in [-0.05, 0) is 6.26 Å². The minimum absolute atomic E-state index is 0.0104. The summed E-state index contributed by atoms with van der Waals surface area (Å²) in [5.41, 5.74) is 5.69. The molecule has 3 rings (SSSR count). The van der Waals surface area contributed by atoms with Crippen molar-refractivity contribution in [3.63, 3.8) is 0 Å². The van der Waals surface area contributed by atoms with Crippen LogP contribution >= 0.6 is 35.2 Å². The number of ether oxygens (including phenoxy) is 1. The van der Waals surface area contributed by atoms with Crippen molar-refractivity contribution in [1.82, 2.24) is 9.55 Å². The number of aliphatic hydroxyl groups is 3. The summed E-state index contributed by atoms with van der Waals surface area (Å²) in [7, 11) is -16.8. The summed E-state index contributed by atoms with van der Waals surface area (Å²) >= 11 is 0.895. The van der Waals surface area contributed by atoms with E-state index in [1.54, 1.807) is 0 Å². The summed E-state index contributed by atoms with van der Waals surface area (Å²) in [6, 6.07) is 0. The highest BCUT2D eigenvalue weighted by Crippen LogP contribution is 2.66. The van der Waals surface area contributed by atoms with Crippen molar-refractivity contribution in [3.05, 3.63) is 12.0 Å². The van der Waals surface area contributed by atoms with Crippen molar-refractivity contribution in [2.75, 3.05) is 18.2 Å². The second kappa shape index (κ2) is 9.51. The van der Waals surface area contributed by atoms with Crippen LogP contribution in [0.2, 0.25) is 0 Å². The molecule has 2 aliphatic rings. The molecular formula is C11H20N5O14P3S. The lowest BCUT2D eigenvalue weighted by molar-refractivity contribution is -0.0511. The predicted molar refractivity (Wildman–Crippen MR) is 111 cm³/mol. The maximum Gasteiger partial charge on any atom is 0.490 e. The van der Waals surface area contributed by atoms with Crippen LogP contribution in [-0.2, 0) is 36.6 Å². The molecule has 0 spiro atoms. The average molecular weight is 571 g/mol. The fourth-order valence-corrected chi connectivity index (χ4v) is 6.55. The minimum Gasteiger partial charge on any atom is -0.387 e. The molecule has 0 bridgehead atoms. The van der Waals surface area contributed by atoms with Crippen LogP contribution in [0.3, 0.4) is 0 Å². The number of aliphatic imine (C=N–C) groups is 1. The lowest BCUT2D eigenvalue weighted by atomic mass is 10.1. The fourth-order valence-electron chi connectivity index (χ4n) is 2.99. The van der Waals surface area contributed by atoms with Crippen molar-refractivity contribution < 1.29 is 66.5 Å². The van der Waals surface area contributed by atoms with Crippen LogP contribution < -0.4 is 11.1 Å². The number of nitrogens with one attached hydrogen (secondary N) is 1. The van der Waals surface area contributed by atoms with Crippen LogP contribution in [0.1, 0.15) is 11.9 Å². The maximum absolute atomic E-state index is 11.9. The van der Waals surface area contributed by atoms with Crippen LogP contribution in [0, 0.1) is 0 Å². The Morgan fingerprint density at radius 1 is 1.21 bits per heavy atom. The van der Waals surface area contributed by atoms with E-state index in [4.69, 9.17) is 25.2 Å². The number of thioether (sulfide) groups is 1. The first-order valence-corrected chi connectivity index (χ1v) is 14.5. The fraction of sp³-hybridized carbons (Fsp3) is 0.636. The first-order valence-electron chi connectivity index (χ1n) is 8.74. The zero-order valence-electron chi connectivity index (χ0n) is 16.8. The topological polar surface area (TPSA) is 298 Å². The molecule has 1 aromatic heterocycles. The van der Waals surface area contributed by atoms with E-state index in [2.05, 4.69) is 28.4 Å². The summed E-state index contributed by atoms with van der Waals surface area (Å²) < 4.78 is 52.1. The molecule has 0 aromatic carbocycles. The molecule has 10 N–H and O–H groups in total. The van der Waals surface area contributed by atoms with E-state index in [9.17, 15) is 33.9 Å². The zero-order chi connectivity index (χ0) is 25.7. The third-order valence-electron chi connectivity index (χ3n) is 4.33. The summed E-state index contributed by atoms with van der Waals surface area (Å²) in [6.07, 6.45) is -3.63. The average Bonchev–Trinajstić information content (AvgIpc) is 3.19. The van der Waals surface area contributed by atoms with E-state index in [1.165, 1.54) is 6.26 Å². The van der Waals surface area contributed by atoms with Gasteiger partial charge < -0.3 is 50.7 Å². The molecule has 0 aliphatic carbocycles. The summed E-state index contributed by atoms with van der Waals surface area (Å²) in [6.45, 7) is -0.999. The third-order valence-corrected chi connectivity index (χ3v) is 8.99. The number of fused-ring (bicyclic) bond motifs is 1. The molecule has 23 heteroatoms. The number of guanidine groups is 1. The summed E-state index contributed by atoms with van der Waals surface area (Å²) in [5.74, 6) is -0.127. The molecule has 0 radical (unpaired) electrons. The monoisotopic (exact) mass is 571 g/mol. The van der Waals surface area contributed by atoms with Gasteiger partial charge in [0.1, 0.15) is 29.8 Å². The van der Waals surface area contributed by atoms with Crippen LogP contribution in [0.5, 0.6) is 0 Å². The minimum atomic E-state index is -5.73. The molecule has 3 unspecified atom stereocenters. The van der Waals surface area contributed by atoms with E-state index in [0.29, 0.717) is 0 Å². The number of anilines is 1. The number of nitrogens with two attached hydrogens (primary N) is 1. The highest BCUT2D eigenvalue weighted by molar-refractivity contribution is 7.99. The lowest BCUT2D eigenvalue weighted by Gasteiger charge is -2.28. The summed E-state index contributed by atoms with van der Waals surface area (Å²) in [5, 5.41) is 32.0. The van der Waals surface area contributed by atoms with Gasteiger partial charge in [0.2, 0.25) is 0 Å². The number of hydrogen-bond acceptors (Lipinski definition) is 15. The van der Waals surface area contributed by atoms with E-state index < -0.39 is 59.7 Å². The van der Waals surface area contributed by atoms with Crippen molar-refractivity contribution in [2.45, 2.75) is 29.6 Å². The van der Waals surface area contributed by atoms with Crippen LogP contribution in [-0.4, -0.2) is 81.6 Å². The Morgan fingerprint density at radius 3 is 2.44 bits per heavy atom. The molecule has 1 saturated heterocycles. The van der Waals surface area contributed by atoms with Crippen molar-refractivity contribution in [3.8, 4) is 0 Å². The molecule has 0 amide bonds. The smallest absolute Gasteiger partial charge is 0.387 e. The van der Waals surface area contributed by atoms with E-state index in [0.717, 1.165) is 22.7 Å². The standard InChI is InChI=1S/C11H20N5O14P3S/c1-34-11(19)7-8(14-10(12)15-11)16(3-13-7)9-6(18)5(17)4(28-9)2-27-32(23,24)30-33(25,26)29-31(20,21)22/h3-6,9,17-19H,2H2,1H3,(H,23,24)(H,25,26)(H3,12,14,15)(H2,20,21,22)/t4-,5-,6-,9-,11?/m1/s1. The number of phosphoric ester groups is 1. The van der Waals surface area contributed by atoms with Gasteiger partial charge in [0.25, 0.3) is 5.06 Å². The Morgan fingerprint density at radius 2 is 1.85 bits per heavy atom. The largest absolute Gasteiger partial charge is 0.490 e. The predicted octanol–water partition coefficient (Wildman–Crippen LogP) is -1.95. The Balaban J connectivity index is 1.72. The van der Waals surface area contributed by atoms with Crippen molar-refractivity contribution in [2.24, 2.45) is 10.7 Å². The van der Waals surface area contributed by atoms with Gasteiger partial charge in [0.05, 0.1) is 12.9 Å². The highest BCUT2D eigenvalue weighted by atomic mass is 32.2. The second-order valence-corrected chi connectivity index (χ2v) is 12.1. The normalized spacial score (nSPS) is 32.9. The van der Waals surface area contributed by atoms with E-state index >= 15 is 0 Å². The molecule has 1 fully saturated rings. The van der Waals surface area contributed by atoms with Gasteiger partial charge in [-0.25, -0.2) is 23.7 Å². The number of aliphatic hydroxyl groups excluding tert-OH is 2. The molecule has 2 aliphatic heterocycles. The third kappa shape index (κ3) is 6.07. The molecular weight excluding hydrogens is 551 g/mol. The quantitative estimate of drug-likeness (QED) is 0.115. The maximum atomic E-state index is 11.9. The number of nitrogens with zero attached hydrogens (tertiary/aromatic N) is 3. The second-order valence-electron chi connectivity index (χ2n) is 6.72. The summed E-state index contributed by atoms with van der Waals surface area (Å²) in [4.78, 5) is 43.6. The van der Waals surface area contributed by atoms with Crippen LogP contribution in [0.15, 0.2) is 11.3 Å². The highest BCUT2D eigenvalue weighted by Gasteiger charge is 2.48. The Hall–Kier alpha value is -0.920. The first-order chi connectivity index (χ1) is 15.5. The van der Waals surface area contributed by atoms with E-state index in [-0.39, 0.29) is 17.5 Å². The Kier molecular flexibility index (Phi) is 7.74. The Bertz CT molecular complexity index is 1110. The number of aromatic nitrogens is 2.